The Morgan fingerprint density at radius 3 is 2.88 bits per heavy atom. The van der Waals surface area contributed by atoms with Crippen LogP contribution >= 0.6 is 0 Å². The van der Waals surface area contributed by atoms with Crippen molar-refractivity contribution in [3.8, 4) is 11.3 Å². The van der Waals surface area contributed by atoms with Gasteiger partial charge in [-0.3, -0.25) is 9.58 Å². The molecule has 0 bridgehead atoms. The summed E-state index contributed by atoms with van der Waals surface area (Å²) < 4.78 is 1.89. The number of fused-ring (bicyclic) bond motifs is 1. The summed E-state index contributed by atoms with van der Waals surface area (Å²) >= 11 is 0. The molecule has 0 spiro atoms. The molecule has 2 aromatic heterocycles. The lowest BCUT2D eigenvalue weighted by Gasteiger charge is -2.15. The SMILES string of the molecule is CCn1cc(-c2cc(C)c3ccc(N4CCNC4=O)cc3n2)cn1. The first kappa shape index (κ1) is 14.7. The number of nitrogens with one attached hydrogen (secondary N) is 1. The Labute approximate surface area is 140 Å². The van der Waals surface area contributed by atoms with Gasteiger partial charge in [-0.1, -0.05) is 6.07 Å². The minimum Gasteiger partial charge on any atom is -0.336 e. The van der Waals surface area contributed by atoms with E-state index in [0.717, 1.165) is 40.0 Å². The maximum atomic E-state index is 11.9. The molecule has 3 aromatic rings. The van der Waals surface area contributed by atoms with Gasteiger partial charge >= 0.3 is 6.03 Å². The van der Waals surface area contributed by atoms with E-state index in [9.17, 15) is 4.79 Å². The van der Waals surface area contributed by atoms with Gasteiger partial charge in [0.1, 0.15) is 0 Å². The highest BCUT2D eigenvalue weighted by Crippen LogP contribution is 2.28. The van der Waals surface area contributed by atoms with Crippen LogP contribution in [0.4, 0.5) is 10.5 Å². The van der Waals surface area contributed by atoms with Crippen molar-refractivity contribution >= 4 is 22.6 Å². The summed E-state index contributed by atoms with van der Waals surface area (Å²) in [5.74, 6) is 0. The number of urea groups is 1. The normalized spacial score (nSPS) is 14.4. The number of rotatable bonds is 3. The highest BCUT2D eigenvalue weighted by atomic mass is 16.2. The molecule has 0 aliphatic carbocycles. The Morgan fingerprint density at radius 1 is 1.29 bits per heavy atom. The smallest absolute Gasteiger partial charge is 0.321 e. The Bertz CT molecular complexity index is 930. The highest BCUT2D eigenvalue weighted by molar-refractivity contribution is 5.97. The van der Waals surface area contributed by atoms with Crippen molar-refractivity contribution in [1.29, 1.82) is 0 Å². The van der Waals surface area contributed by atoms with E-state index in [4.69, 9.17) is 4.98 Å². The molecule has 1 aromatic carbocycles. The van der Waals surface area contributed by atoms with Crippen LogP contribution in [-0.2, 0) is 6.54 Å². The summed E-state index contributed by atoms with van der Waals surface area (Å²) in [5, 5.41) is 8.26. The molecule has 3 heterocycles. The summed E-state index contributed by atoms with van der Waals surface area (Å²) in [6.45, 7) is 6.34. The zero-order valence-corrected chi connectivity index (χ0v) is 13.8. The third kappa shape index (κ3) is 2.40. The van der Waals surface area contributed by atoms with Crippen LogP contribution in [0.2, 0.25) is 0 Å². The Hall–Kier alpha value is -2.89. The van der Waals surface area contributed by atoms with E-state index in [1.165, 1.54) is 0 Å². The molecule has 1 saturated heterocycles. The number of pyridine rings is 1. The molecule has 2 amide bonds. The van der Waals surface area contributed by atoms with Gasteiger partial charge in [0.2, 0.25) is 0 Å². The van der Waals surface area contributed by atoms with Gasteiger partial charge in [-0.2, -0.15) is 5.10 Å². The molecule has 1 N–H and O–H groups in total. The van der Waals surface area contributed by atoms with E-state index in [1.54, 1.807) is 4.90 Å². The molecule has 1 aliphatic rings. The Kier molecular flexibility index (Phi) is 3.45. The first-order valence-electron chi connectivity index (χ1n) is 8.15. The number of aryl methyl sites for hydroxylation is 2. The molecule has 6 nitrogen and oxygen atoms in total. The largest absolute Gasteiger partial charge is 0.336 e. The Morgan fingerprint density at radius 2 is 2.17 bits per heavy atom. The van der Waals surface area contributed by atoms with Crippen LogP contribution in [0.3, 0.4) is 0 Å². The van der Waals surface area contributed by atoms with E-state index in [2.05, 4.69) is 30.3 Å². The van der Waals surface area contributed by atoms with Gasteiger partial charge in [0.05, 0.1) is 17.4 Å². The second-order valence-corrected chi connectivity index (χ2v) is 5.99. The van der Waals surface area contributed by atoms with E-state index >= 15 is 0 Å². The number of carbonyl (C=O) groups excluding carboxylic acids is 1. The zero-order chi connectivity index (χ0) is 16.7. The standard InChI is InChI=1S/C18H19N5O/c1-3-22-11-13(10-20-22)16-8-12(2)15-5-4-14(9-17(15)21-16)23-7-6-19-18(23)24/h4-5,8-11H,3,6-7H2,1-2H3,(H,19,24). The topological polar surface area (TPSA) is 63.0 Å². The second-order valence-electron chi connectivity index (χ2n) is 5.99. The lowest BCUT2D eigenvalue weighted by Crippen LogP contribution is -2.27. The monoisotopic (exact) mass is 321 g/mol. The van der Waals surface area contributed by atoms with Crippen LogP contribution in [-0.4, -0.2) is 33.9 Å². The molecule has 0 radical (unpaired) electrons. The summed E-state index contributed by atoms with van der Waals surface area (Å²) in [7, 11) is 0. The number of nitrogens with zero attached hydrogens (tertiary/aromatic N) is 4. The van der Waals surface area contributed by atoms with Gasteiger partial charge < -0.3 is 5.32 Å². The third-order valence-corrected chi connectivity index (χ3v) is 4.42. The lowest BCUT2D eigenvalue weighted by molar-refractivity contribution is 0.252. The number of amides is 2. The minimum atomic E-state index is -0.0496. The molecule has 122 valence electrons. The molecule has 0 unspecified atom stereocenters. The fourth-order valence-electron chi connectivity index (χ4n) is 3.09. The molecule has 24 heavy (non-hydrogen) atoms. The van der Waals surface area contributed by atoms with Crippen LogP contribution in [0.15, 0.2) is 36.7 Å². The van der Waals surface area contributed by atoms with Crippen molar-refractivity contribution in [2.24, 2.45) is 0 Å². The van der Waals surface area contributed by atoms with Gasteiger partial charge in [-0.25, -0.2) is 9.78 Å². The predicted octanol–water partition coefficient (Wildman–Crippen LogP) is 2.96. The molecule has 0 atom stereocenters. The fourth-order valence-corrected chi connectivity index (χ4v) is 3.09. The summed E-state index contributed by atoms with van der Waals surface area (Å²) in [6, 6.07) is 8.04. The van der Waals surface area contributed by atoms with Crippen molar-refractivity contribution in [2.75, 3.05) is 18.0 Å². The number of anilines is 1. The van der Waals surface area contributed by atoms with Gasteiger partial charge in [0.15, 0.2) is 0 Å². The van der Waals surface area contributed by atoms with Crippen LogP contribution in [0.5, 0.6) is 0 Å². The number of hydrogen-bond donors (Lipinski definition) is 1. The van der Waals surface area contributed by atoms with E-state index in [-0.39, 0.29) is 6.03 Å². The Balaban J connectivity index is 1.81. The molecule has 6 heteroatoms. The minimum absolute atomic E-state index is 0.0496. The van der Waals surface area contributed by atoms with Gasteiger partial charge in [-0.15, -0.1) is 0 Å². The van der Waals surface area contributed by atoms with E-state index < -0.39 is 0 Å². The predicted molar refractivity (Wildman–Crippen MR) is 94.1 cm³/mol. The van der Waals surface area contributed by atoms with E-state index in [1.807, 2.05) is 35.3 Å². The van der Waals surface area contributed by atoms with Crippen molar-refractivity contribution in [3.63, 3.8) is 0 Å². The van der Waals surface area contributed by atoms with E-state index in [0.29, 0.717) is 13.1 Å². The zero-order valence-electron chi connectivity index (χ0n) is 13.8. The molecule has 1 aliphatic heterocycles. The number of hydrogen-bond acceptors (Lipinski definition) is 3. The second kappa shape index (κ2) is 5.63. The van der Waals surface area contributed by atoms with Gasteiger partial charge in [0, 0.05) is 42.5 Å². The molecular formula is C18H19N5O. The fraction of sp³-hybridized carbons (Fsp3) is 0.278. The van der Waals surface area contributed by atoms with Gasteiger partial charge in [0.25, 0.3) is 0 Å². The van der Waals surface area contributed by atoms with Gasteiger partial charge in [-0.05, 0) is 37.6 Å². The molecule has 1 fully saturated rings. The maximum absolute atomic E-state index is 11.9. The average Bonchev–Trinajstić information content (AvgIpc) is 3.23. The third-order valence-electron chi connectivity index (χ3n) is 4.42. The van der Waals surface area contributed by atoms with Crippen LogP contribution in [0, 0.1) is 6.92 Å². The molecule has 0 saturated carbocycles. The summed E-state index contributed by atoms with van der Waals surface area (Å²) in [4.78, 5) is 18.4. The summed E-state index contributed by atoms with van der Waals surface area (Å²) in [6.07, 6.45) is 3.85. The maximum Gasteiger partial charge on any atom is 0.321 e. The molecule has 4 rings (SSSR count). The lowest BCUT2D eigenvalue weighted by atomic mass is 10.1. The first-order chi connectivity index (χ1) is 11.7. The van der Waals surface area contributed by atoms with Crippen LogP contribution in [0.1, 0.15) is 12.5 Å². The van der Waals surface area contributed by atoms with Crippen LogP contribution in [0.25, 0.3) is 22.2 Å². The van der Waals surface area contributed by atoms with Crippen molar-refractivity contribution in [3.05, 3.63) is 42.2 Å². The first-order valence-corrected chi connectivity index (χ1v) is 8.15. The molecular weight excluding hydrogens is 302 g/mol. The summed E-state index contributed by atoms with van der Waals surface area (Å²) in [5.41, 5.74) is 4.85. The average molecular weight is 321 g/mol. The number of aromatic nitrogens is 3. The quantitative estimate of drug-likeness (QED) is 0.806. The number of benzene rings is 1. The van der Waals surface area contributed by atoms with Crippen molar-refractivity contribution in [1.82, 2.24) is 20.1 Å². The number of carbonyl (C=O) groups is 1. The highest BCUT2D eigenvalue weighted by Gasteiger charge is 2.21. The van der Waals surface area contributed by atoms with Crippen molar-refractivity contribution < 1.29 is 4.79 Å². The van der Waals surface area contributed by atoms with Crippen LogP contribution < -0.4 is 10.2 Å². The van der Waals surface area contributed by atoms with Crippen molar-refractivity contribution in [2.45, 2.75) is 20.4 Å².